The van der Waals surface area contributed by atoms with Crippen LogP contribution >= 0.6 is 11.3 Å². The average Bonchev–Trinajstić information content (AvgIpc) is 3.22. The third-order valence-corrected chi connectivity index (χ3v) is 3.94. The third-order valence-electron chi connectivity index (χ3n) is 3.18. The van der Waals surface area contributed by atoms with Crippen molar-refractivity contribution < 1.29 is 26.9 Å². The Morgan fingerprint density at radius 3 is 2.58 bits per heavy atom. The summed E-state index contributed by atoms with van der Waals surface area (Å²) >= 11 is 0.684. The predicted octanol–water partition coefficient (Wildman–Crippen LogP) is 3.92. The second-order valence-corrected chi connectivity index (χ2v) is 5.96. The van der Waals surface area contributed by atoms with Gasteiger partial charge in [-0.2, -0.15) is 18.2 Å². The number of alkyl halides is 3. The van der Waals surface area contributed by atoms with Crippen LogP contribution in [-0.2, 0) is 17.4 Å². The molecule has 0 aliphatic carbocycles. The first-order valence-corrected chi connectivity index (χ1v) is 8.10. The number of carbonyl (C=O) groups excluding carboxylic acids is 1. The van der Waals surface area contributed by atoms with Crippen LogP contribution in [0.2, 0.25) is 0 Å². The maximum absolute atomic E-state index is 12.9. The minimum absolute atomic E-state index is 0.0774. The summed E-state index contributed by atoms with van der Waals surface area (Å²) in [4.78, 5) is 19.2. The maximum atomic E-state index is 12.9. The van der Waals surface area contributed by atoms with E-state index in [-0.39, 0.29) is 29.7 Å². The van der Waals surface area contributed by atoms with Gasteiger partial charge in [0.25, 0.3) is 0 Å². The van der Waals surface area contributed by atoms with Crippen molar-refractivity contribution in [1.82, 2.24) is 15.1 Å². The highest BCUT2D eigenvalue weighted by atomic mass is 32.1. The summed E-state index contributed by atoms with van der Waals surface area (Å²) < 4.78 is 55.3. The molecule has 0 aliphatic heterocycles. The lowest BCUT2D eigenvalue weighted by Crippen LogP contribution is -2.13. The van der Waals surface area contributed by atoms with Crippen LogP contribution in [0.25, 0.3) is 11.4 Å². The lowest BCUT2D eigenvalue weighted by molar-refractivity contribution is -0.140. The molecule has 0 fully saturated rings. The van der Waals surface area contributed by atoms with Gasteiger partial charge >= 0.3 is 6.18 Å². The second kappa shape index (κ2) is 7.20. The van der Waals surface area contributed by atoms with Gasteiger partial charge in [-0.1, -0.05) is 5.16 Å². The molecular weight excluding hydrogens is 376 g/mol. The Morgan fingerprint density at radius 2 is 1.92 bits per heavy atom. The highest BCUT2D eigenvalue weighted by Crippen LogP contribution is 2.31. The summed E-state index contributed by atoms with van der Waals surface area (Å²) in [6, 6.07) is 5.47. The number of thiazole rings is 1. The Bertz CT molecular complexity index is 905. The number of hydrogen-bond donors (Lipinski definition) is 1. The number of aryl methyl sites for hydroxylation is 1. The van der Waals surface area contributed by atoms with Crippen molar-refractivity contribution in [1.29, 1.82) is 0 Å². The Kier molecular flexibility index (Phi) is 4.98. The molecule has 6 nitrogen and oxygen atoms in total. The van der Waals surface area contributed by atoms with Gasteiger partial charge in [0, 0.05) is 23.8 Å². The van der Waals surface area contributed by atoms with Crippen molar-refractivity contribution in [3.05, 3.63) is 47.0 Å². The van der Waals surface area contributed by atoms with Gasteiger partial charge in [-0.05, 0) is 24.3 Å². The van der Waals surface area contributed by atoms with Crippen molar-refractivity contribution in [2.75, 3.05) is 5.32 Å². The number of rotatable bonds is 5. The van der Waals surface area contributed by atoms with Gasteiger partial charge in [0.05, 0.1) is 0 Å². The van der Waals surface area contributed by atoms with Crippen LogP contribution in [0.4, 0.5) is 22.7 Å². The SMILES string of the molecule is O=C(CCc1nc(-c2ccc(F)cc2)no1)Nc1nc(C(F)(F)F)cs1. The van der Waals surface area contributed by atoms with Gasteiger partial charge < -0.3 is 9.84 Å². The highest BCUT2D eigenvalue weighted by molar-refractivity contribution is 7.13. The molecule has 1 aromatic carbocycles. The van der Waals surface area contributed by atoms with E-state index < -0.39 is 23.6 Å². The normalized spacial score (nSPS) is 11.5. The Morgan fingerprint density at radius 1 is 1.19 bits per heavy atom. The van der Waals surface area contributed by atoms with Gasteiger partial charge in [-0.3, -0.25) is 4.79 Å². The van der Waals surface area contributed by atoms with Gasteiger partial charge in [0.1, 0.15) is 5.82 Å². The van der Waals surface area contributed by atoms with E-state index in [1.54, 1.807) is 0 Å². The first-order valence-electron chi connectivity index (χ1n) is 7.22. The Balaban J connectivity index is 1.55. The molecule has 0 spiro atoms. The number of amides is 1. The van der Waals surface area contributed by atoms with E-state index in [0.717, 1.165) is 5.38 Å². The number of aromatic nitrogens is 3. The Hall–Kier alpha value is -2.82. The van der Waals surface area contributed by atoms with Crippen molar-refractivity contribution in [3.63, 3.8) is 0 Å². The molecule has 2 aromatic heterocycles. The fourth-order valence-corrected chi connectivity index (χ4v) is 2.67. The van der Waals surface area contributed by atoms with Crippen LogP contribution in [0.3, 0.4) is 0 Å². The van der Waals surface area contributed by atoms with Crippen LogP contribution in [0.15, 0.2) is 34.2 Å². The monoisotopic (exact) mass is 386 g/mol. The first-order chi connectivity index (χ1) is 12.3. The lowest BCUT2D eigenvalue weighted by Gasteiger charge is -2.01. The van der Waals surface area contributed by atoms with Gasteiger partial charge in [-0.25, -0.2) is 9.37 Å². The Labute approximate surface area is 147 Å². The molecule has 0 unspecified atom stereocenters. The number of anilines is 1. The van der Waals surface area contributed by atoms with E-state index in [1.165, 1.54) is 24.3 Å². The third kappa shape index (κ3) is 4.42. The standard InChI is InChI=1S/C15H10F4N4O2S/c16-9-3-1-8(2-4-9)13-22-12(25-23-13)6-5-11(24)21-14-20-10(7-26-14)15(17,18)19/h1-4,7H,5-6H2,(H,20,21,24). The summed E-state index contributed by atoms with van der Waals surface area (Å²) in [5, 5.41) is 6.70. The van der Waals surface area contributed by atoms with E-state index in [9.17, 15) is 22.4 Å². The van der Waals surface area contributed by atoms with Gasteiger partial charge in [0.2, 0.25) is 17.6 Å². The molecule has 0 aliphatic rings. The number of nitrogens with zero attached hydrogens (tertiary/aromatic N) is 3. The molecule has 0 saturated carbocycles. The smallest absolute Gasteiger partial charge is 0.339 e. The molecule has 3 rings (SSSR count). The molecule has 11 heteroatoms. The molecular formula is C15H10F4N4O2S. The van der Waals surface area contributed by atoms with E-state index >= 15 is 0 Å². The zero-order valence-corrected chi connectivity index (χ0v) is 13.7. The van der Waals surface area contributed by atoms with Crippen molar-refractivity contribution in [2.45, 2.75) is 19.0 Å². The van der Waals surface area contributed by atoms with Crippen LogP contribution < -0.4 is 5.32 Å². The van der Waals surface area contributed by atoms with Crippen LogP contribution in [0.5, 0.6) is 0 Å². The summed E-state index contributed by atoms with van der Waals surface area (Å²) in [7, 11) is 0. The summed E-state index contributed by atoms with van der Waals surface area (Å²) in [6.45, 7) is 0. The molecule has 3 aromatic rings. The van der Waals surface area contributed by atoms with Crippen LogP contribution in [0, 0.1) is 5.82 Å². The predicted molar refractivity (Wildman–Crippen MR) is 83.8 cm³/mol. The maximum Gasteiger partial charge on any atom is 0.434 e. The number of benzene rings is 1. The zero-order chi connectivity index (χ0) is 18.7. The fraction of sp³-hybridized carbons (Fsp3) is 0.200. The molecule has 1 amide bonds. The minimum Gasteiger partial charge on any atom is -0.339 e. The molecule has 0 radical (unpaired) electrons. The van der Waals surface area contributed by atoms with E-state index in [0.29, 0.717) is 16.9 Å². The lowest BCUT2D eigenvalue weighted by atomic mass is 10.2. The topological polar surface area (TPSA) is 80.9 Å². The van der Waals surface area contributed by atoms with Crippen molar-refractivity contribution in [3.8, 4) is 11.4 Å². The fourth-order valence-electron chi connectivity index (χ4n) is 1.94. The van der Waals surface area contributed by atoms with E-state index in [2.05, 4.69) is 20.4 Å². The molecule has 136 valence electrons. The van der Waals surface area contributed by atoms with Crippen molar-refractivity contribution >= 4 is 22.4 Å². The molecule has 0 atom stereocenters. The van der Waals surface area contributed by atoms with E-state index in [4.69, 9.17) is 4.52 Å². The van der Waals surface area contributed by atoms with Gasteiger partial charge in [-0.15, -0.1) is 11.3 Å². The zero-order valence-electron chi connectivity index (χ0n) is 12.9. The number of hydrogen-bond acceptors (Lipinski definition) is 6. The molecule has 26 heavy (non-hydrogen) atoms. The highest BCUT2D eigenvalue weighted by Gasteiger charge is 2.33. The second-order valence-electron chi connectivity index (χ2n) is 5.10. The summed E-state index contributed by atoms with van der Waals surface area (Å²) in [5.74, 6) is -0.510. The van der Waals surface area contributed by atoms with Crippen molar-refractivity contribution in [2.24, 2.45) is 0 Å². The van der Waals surface area contributed by atoms with E-state index in [1.807, 2.05) is 0 Å². The quantitative estimate of drug-likeness (QED) is 0.672. The molecule has 0 bridgehead atoms. The number of carbonyl (C=O) groups is 1. The molecule has 2 heterocycles. The summed E-state index contributed by atoms with van der Waals surface area (Å²) in [5.41, 5.74) is -0.507. The van der Waals surface area contributed by atoms with Gasteiger partial charge in [0.15, 0.2) is 10.8 Å². The van der Waals surface area contributed by atoms with Crippen LogP contribution in [-0.4, -0.2) is 21.0 Å². The van der Waals surface area contributed by atoms with Crippen LogP contribution in [0.1, 0.15) is 18.0 Å². The molecule has 1 N–H and O–H groups in total. The summed E-state index contributed by atoms with van der Waals surface area (Å²) in [6.07, 6.45) is -4.54. The first kappa shape index (κ1) is 18.0. The molecule has 0 saturated heterocycles. The largest absolute Gasteiger partial charge is 0.434 e. The number of halogens is 4. The minimum atomic E-state index is -4.56. The average molecular weight is 386 g/mol. The number of nitrogens with one attached hydrogen (secondary N) is 1.